The summed E-state index contributed by atoms with van der Waals surface area (Å²) in [6.45, 7) is 14.9. The molecule has 11 heteroatoms. The molecule has 2 fully saturated rings. The van der Waals surface area contributed by atoms with E-state index < -0.39 is 36.0 Å². The van der Waals surface area contributed by atoms with E-state index in [4.69, 9.17) is 14.2 Å². The quantitative estimate of drug-likeness (QED) is 0.191. The van der Waals surface area contributed by atoms with Gasteiger partial charge >= 0.3 is 18.2 Å². The smallest absolute Gasteiger partial charge is 0.410 e. The number of piperazine rings is 1. The second-order valence-electron chi connectivity index (χ2n) is 13.9. The number of cyclic esters (lactones) is 1. The number of hydrogen-bond acceptors (Lipinski definition) is 9. The van der Waals surface area contributed by atoms with Crippen molar-refractivity contribution in [3.63, 3.8) is 0 Å². The summed E-state index contributed by atoms with van der Waals surface area (Å²) in [5.41, 5.74) is -0.885. The van der Waals surface area contributed by atoms with Crippen LogP contribution in [0.4, 0.5) is 9.59 Å². The van der Waals surface area contributed by atoms with E-state index in [0.29, 0.717) is 19.6 Å². The van der Waals surface area contributed by atoms with Gasteiger partial charge in [-0.2, -0.15) is 0 Å². The first-order valence-electron chi connectivity index (χ1n) is 16.3. The first-order valence-corrected chi connectivity index (χ1v) is 16.3. The molecule has 0 aromatic carbocycles. The van der Waals surface area contributed by atoms with Gasteiger partial charge < -0.3 is 39.1 Å². The van der Waals surface area contributed by atoms with Crippen LogP contribution in [0.3, 0.4) is 0 Å². The lowest BCUT2D eigenvalue weighted by Gasteiger charge is -2.36. The Morgan fingerprint density at radius 3 is 2.44 bits per heavy atom. The van der Waals surface area contributed by atoms with E-state index in [0.717, 1.165) is 31.5 Å². The number of esters is 1. The Morgan fingerprint density at radius 1 is 1.11 bits per heavy atom. The van der Waals surface area contributed by atoms with Gasteiger partial charge in [0.15, 0.2) is 6.10 Å². The van der Waals surface area contributed by atoms with Gasteiger partial charge in [-0.3, -0.25) is 4.79 Å². The fraction of sp³-hybridized carbons (Fsp3) is 0.735. The lowest BCUT2D eigenvalue weighted by molar-refractivity contribution is -0.151. The van der Waals surface area contributed by atoms with Crippen molar-refractivity contribution in [1.29, 1.82) is 0 Å². The molecule has 254 valence electrons. The zero-order valence-corrected chi connectivity index (χ0v) is 28.2. The second kappa shape index (κ2) is 16.1. The van der Waals surface area contributed by atoms with Crippen LogP contribution in [0, 0.1) is 11.8 Å². The van der Waals surface area contributed by atoms with Crippen molar-refractivity contribution >= 4 is 18.2 Å². The molecule has 2 amide bonds. The Morgan fingerprint density at radius 2 is 1.80 bits per heavy atom. The van der Waals surface area contributed by atoms with Gasteiger partial charge in [0.25, 0.3) is 0 Å². The van der Waals surface area contributed by atoms with E-state index in [1.54, 1.807) is 28.9 Å². The SMILES string of the molecule is C/C(=C\C=C\[C@@H](C)COC(=O)N1CCCC1(C)C)[C@H]1OC(=O)C[C@H](O)CC[C@@](C)(O)[C@@H](OC(=O)N2CCN(C)CC2)/C=C/[C@@H]1C. The molecule has 0 bridgehead atoms. The minimum Gasteiger partial charge on any atom is -0.457 e. The van der Waals surface area contributed by atoms with Gasteiger partial charge in [-0.15, -0.1) is 0 Å². The van der Waals surface area contributed by atoms with Crippen molar-refractivity contribution in [2.45, 2.75) is 103 Å². The van der Waals surface area contributed by atoms with Crippen molar-refractivity contribution in [3.05, 3.63) is 36.0 Å². The number of allylic oxidation sites excluding steroid dienone is 2. The zero-order valence-electron chi connectivity index (χ0n) is 28.2. The van der Waals surface area contributed by atoms with Gasteiger partial charge in [-0.05, 0) is 72.1 Å². The summed E-state index contributed by atoms with van der Waals surface area (Å²) in [6.07, 6.45) is 7.65. The number of likely N-dealkylation sites (tertiary alicyclic amines) is 1. The molecule has 0 aliphatic carbocycles. The Bertz CT molecular complexity index is 1110. The van der Waals surface area contributed by atoms with Crippen molar-refractivity contribution in [2.24, 2.45) is 11.8 Å². The highest BCUT2D eigenvalue weighted by atomic mass is 16.6. The Hall–Kier alpha value is -2.89. The van der Waals surface area contributed by atoms with Crippen LogP contribution in [0.15, 0.2) is 36.0 Å². The number of aliphatic hydroxyl groups excluding tert-OH is 1. The molecule has 11 nitrogen and oxygen atoms in total. The molecular formula is C34H55N3O8. The third-order valence-corrected chi connectivity index (χ3v) is 9.15. The molecule has 2 N–H and O–H groups in total. The average molecular weight is 634 g/mol. The van der Waals surface area contributed by atoms with Crippen LogP contribution in [0.25, 0.3) is 0 Å². The summed E-state index contributed by atoms with van der Waals surface area (Å²) in [5, 5.41) is 21.9. The van der Waals surface area contributed by atoms with Crippen LogP contribution >= 0.6 is 0 Å². The maximum Gasteiger partial charge on any atom is 0.410 e. The van der Waals surface area contributed by atoms with E-state index in [9.17, 15) is 24.6 Å². The summed E-state index contributed by atoms with van der Waals surface area (Å²) in [4.78, 5) is 43.9. The number of amides is 2. The van der Waals surface area contributed by atoms with Gasteiger partial charge in [0.05, 0.1) is 19.1 Å². The molecule has 0 aromatic rings. The summed E-state index contributed by atoms with van der Waals surface area (Å²) in [6, 6.07) is 0. The van der Waals surface area contributed by atoms with Crippen LogP contribution in [-0.2, 0) is 19.0 Å². The van der Waals surface area contributed by atoms with Gasteiger partial charge in [0.1, 0.15) is 11.7 Å². The Kier molecular flexibility index (Phi) is 13.1. The predicted molar refractivity (Wildman–Crippen MR) is 171 cm³/mol. The molecule has 0 radical (unpaired) electrons. The molecule has 45 heavy (non-hydrogen) atoms. The van der Waals surface area contributed by atoms with Crippen molar-refractivity contribution < 1.29 is 38.8 Å². The number of ether oxygens (including phenoxy) is 3. The number of aliphatic hydroxyl groups is 2. The fourth-order valence-corrected chi connectivity index (χ4v) is 5.90. The molecule has 0 aromatic heterocycles. The average Bonchev–Trinajstić information content (AvgIpc) is 3.33. The van der Waals surface area contributed by atoms with Crippen LogP contribution in [0.1, 0.15) is 73.6 Å². The number of carbonyl (C=O) groups is 3. The van der Waals surface area contributed by atoms with E-state index >= 15 is 0 Å². The van der Waals surface area contributed by atoms with Crippen LogP contribution in [0.2, 0.25) is 0 Å². The van der Waals surface area contributed by atoms with Crippen molar-refractivity contribution in [1.82, 2.24) is 14.7 Å². The third kappa shape index (κ3) is 10.9. The number of likely N-dealkylation sites (N-methyl/N-ethyl adjacent to an activating group) is 1. The monoisotopic (exact) mass is 633 g/mol. The summed E-state index contributed by atoms with van der Waals surface area (Å²) >= 11 is 0. The maximum atomic E-state index is 13.0. The van der Waals surface area contributed by atoms with E-state index in [1.807, 2.05) is 59.9 Å². The van der Waals surface area contributed by atoms with Gasteiger partial charge in [0.2, 0.25) is 0 Å². The van der Waals surface area contributed by atoms with Gasteiger partial charge in [0, 0.05) is 50.1 Å². The second-order valence-corrected chi connectivity index (χ2v) is 13.9. The maximum absolute atomic E-state index is 13.0. The molecule has 0 spiro atoms. The lowest BCUT2D eigenvalue weighted by Crippen LogP contribution is -2.50. The van der Waals surface area contributed by atoms with E-state index in [-0.39, 0.29) is 49.3 Å². The highest BCUT2D eigenvalue weighted by Gasteiger charge is 2.38. The van der Waals surface area contributed by atoms with Gasteiger partial charge in [-0.1, -0.05) is 38.2 Å². The molecule has 0 unspecified atom stereocenters. The summed E-state index contributed by atoms with van der Waals surface area (Å²) in [5.74, 6) is -0.904. The van der Waals surface area contributed by atoms with Crippen molar-refractivity contribution in [3.8, 4) is 0 Å². The van der Waals surface area contributed by atoms with Gasteiger partial charge in [-0.25, -0.2) is 9.59 Å². The number of rotatable bonds is 6. The minimum atomic E-state index is -1.46. The number of hydrogen-bond donors (Lipinski definition) is 2. The standard InChI is InChI=1S/C34H55N3O8/c1-24(23-43-32(41)37-17-9-15-33(37,4)5)10-8-11-25(2)30-26(3)12-13-28(44-31(40)36-20-18-35(7)19-21-36)34(6,42)16-14-27(38)22-29(39)45-30/h8,10-13,24,26-28,30,38,42H,9,14-23H2,1-7H3/b10-8+,13-12+,25-11+/t24-,26+,27-,28+,30-,34-/m1/s1. The molecule has 2 saturated heterocycles. The Labute approximate surface area is 268 Å². The molecular weight excluding hydrogens is 578 g/mol. The van der Waals surface area contributed by atoms with E-state index in [2.05, 4.69) is 4.90 Å². The lowest BCUT2D eigenvalue weighted by atomic mass is 9.89. The topological polar surface area (TPSA) is 129 Å². The molecule has 3 heterocycles. The van der Waals surface area contributed by atoms with Crippen LogP contribution in [-0.4, -0.2) is 119 Å². The van der Waals surface area contributed by atoms with Crippen LogP contribution < -0.4 is 0 Å². The van der Waals surface area contributed by atoms with Crippen molar-refractivity contribution in [2.75, 3.05) is 46.4 Å². The molecule has 3 aliphatic rings. The number of carbonyl (C=O) groups excluding carboxylic acids is 3. The largest absolute Gasteiger partial charge is 0.457 e. The highest BCUT2D eigenvalue weighted by molar-refractivity contribution is 5.71. The normalized spacial score (nSPS) is 31.9. The molecule has 3 aliphatic heterocycles. The first-order chi connectivity index (χ1) is 21.1. The zero-order chi connectivity index (χ0) is 33.4. The Balaban J connectivity index is 1.70. The van der Waals surface area contributed by atoms with Crippen LogP contribution in [0.5, 0.6) is 0 Å². The predicted octanol–water partition coefficient (Wildman–Crippen LogP) is 4.29. The fourth-order valence-electron chi connectivity index (χ4n) is 5.90. The summed E-state index contributed by atoms with van der Waals surface area (Å²) < 4.78 is 17.2. The van der Waals surface area contributed by atoms with E-state index in [1.165, 1.54) is 0 Å². The molecule has 3 rings (SSSR count). The summed E-state index contributed by atoms with van der Waals surface area (Å²) in [7, 11) is 2.00. The third-order valence-electron chi connectivity index (χ3n) is 9.15. The minimum absolute atomic E-state index is 0.0342. The first kappa shape index (κ1) is 36.6. The molecule has 6 atom stereocenters. The molecule has 0 saturated carbocycles. The number of nitrogens with zero attached hydrogens (tertiary/aromatic N) is 3. The highest BCUT2D eigenvalue weighted by Crippen LogP contribution is 2.29.